The minimum absolute atomic E-state index is 0.0475. The van der Waals surface area contributed by atoms with Crippen molar-refractivity contribution < 1.29 is 27.9 Å². The molecule has 0 spiro atoms. The van der Waals surface area contributed by atoms with Crippen LogP contribution in [0.5, 0.6) is 0 Å². The summed E-state index contributed by atoms with van der Waals surface area (Å²) in [4.78, 5) is 24.7. The minimum Gasteiger partial charge on any atom is -0.480 e. The van der Waals surface area contributed by atoms with Gasteiger partial charge in [0.25, 0.3) is 5.91 Å². The lowest BCUT2D eigenvalue weighted by molar-refractivity contribution is -0.139. The molecule has 0 aliphatic rings. The molecule has 4 aromatic carbocycles. The molecule has 0 aromatic heterocycles. The van der Waals surface area contributed by atoms with Gasteiger partial charge in [0.1, 0.15) is 6.04 Å². The number of halogens is 4. The van der Waals surface area contributed by atoms with Gasteiger partial charge in [0.15, 0.2) is 0 Å². The Balaban J connectivity index is 1.46. The first kappa shape index (κ1) is 26.0. The average Bonchev–Trinajstić information content (AvgIpc) is 2.88. The maximum Gasteiger partial charge on any atom is 0.416 e. The second-order valence-corrected chi connectivity index (χ2v) is 8.81. The van der Waals surface area contributed by atoms with Crippen LogP contribution in [0.3, 0.4) is 0 Å². The highest BCUT2D eigenvalue weighted by atomic mass is 35.5. The molecule has 4 aromatic rings. The minimum atomic E-state index is -4.44. The van der Waals surface area contributed by atoms with Gasteiger partial charge in [0.05, 0.1) is 16.1 Å². The SMILES string of the molecule is O=C(NC(Cc1ccc(-c2ccccc2)cc1)C(=O)O)c1ccc(-c2ccc(C(F)(F)F)cc2)cc1Cl. The molecule has 0 heterocycles. The molecule has 4 rings (SSSR count). The van der Waals surface area contributed by atoms with Crippen molar-refractivity contribution in [2.45, 2.75) is 18.6 Å². The predicted octanol–water partition coefficient (Wildman–Crippen LogP) is 7.12. The number of hydrogen-bond donors (Lipinski definition) is 2. The van der Waals surface area contributed by atoms with E-state index in [1.165, 1.54) is 24.3 Å². The van der Waals surface area contributed by atoms with E-state index in [1.807, 2.05) is 54.6 Å². The van der Waals surface area contributed by atoms with E-state index < -0.39 is 29.7 Å². The van der Waals surface area contributed by atoms with E-state index in [-0.39, 0.29) is 17.0 Å². The predicted molar refractivity (Wildman–Crippen MR) is 136 cm³/mol. The van der Waals surface area contributed by atoms with Gasteiger partial charge in [-0.15, -0.1) is 0 Å². The van der Waals surface area contributed by atoms with Crippen molar-refractivity contribution in [3.05, 3.63) is 119 Å². The number of carbonyl (C=O) groups excluding carboxylic acids is 1. The summed E-state index contributed by atoms with van der Waals surface area (Å²) in [5, 5.41) is 12.2. The monoisotopic (exact) mass is 523 g/mol. The van der Waals surface area contributed by atoms with Crippen molar-refractivity contribution in [1.82, 2.24) is 5.32 Å². The van der Waals surface area contributed by atoms with Crippen molar-refractivity contribution in [2.75, 3.05) is 0 Å². The molecule has 0 aliphatic heterocycles. The summed E-state index contributed by atoms with van der Waals surface area (Å²) in [5.74, 6) is -1.87. The van der Waals surface area contributed by atoms with Crippen LogP contribution >= 0.6 is 11.6 Å². The number of alkyl halides is 3. The quantitative estimate of drug-likeness (QED) is 0.271. The maximum absolute atomic E-state index is 12.8. The number of carboxylic acids is 1. The third-order valence-corrected chi connectivity index (χ3v) is 6.18. The smallest absolute Gasteiger partial charge is 0.416 e. The molecule has 0 saturated heterocycles. The van der Waals surface area contributed by atoms with Crippen LogP contribution in [-0.2, 0) is 17.4 Å². The molecule has 0 radical (unpaired) electrons. The number of benzene rings is 4. The first-order valence-electron chi connectivity index (χ1n) is 11.3. The summed E-state index contributed by atoms with van der Waals surface area (Å²) < 4.78 is 38.4. The molecule has 8 heteroatoms. The first-order chi connectivity index (χ1) is 17.6. The molecule has 2 N–H and O–H groups in total. The molecule has 188 valence electrons. The second kappa shape index (κ2) is 10.9. The summed E-state index contributed by atoms with van der Waals surface area (Å²) in [6.45, 7) is 0. The summed E-state index contributed by atoms with van der Waals surface area (Å²) in [5.41, 5.74) is 3.05. The van der Waals surface area contributed by atoms with Crippen LogP contribution in [0.1, 0.15) is 21.5 Å². The fraction of sp³-hybridized carbons (Fsp3) is 0.103. The summed E-state index contributed by atoms with van der Waals surface area (Å²) in [7, 11) is 0. The molecule has 1 unspecified atom stereocenters. The van der Waals surface area contributed by atoms with Crippen molar-refractivity contribution >= 4 is 23.5 Å². The number of amides is 1. The molecule has 0 bridgehead atoms. The Hall–Kier alpha value is -4.10. The van der Waals surface area contributed by atoms with Gasteiger partial charge in [0, 0.05) is 6.42 Å². The average molecular weight is 524 g/mol. The van der Waals surface area contributed by atoms with Gasteiger partial charge >= 0.3 is 12.1 Å². The Morgan fingerprint density at radius 2 is 1.32 bits per heavy atom. The van der Waals surface area contributed by atoms with E-state index in [1.54, 1.807) is 6.07 Å². The van der Waals surface area contributed by atoms with Crippen LogP contribution in [0.15, 0.2) is 97.1 Å². The molecule has 1 atom stereocenters. The van der Waals surface area contributed by atoms with E-state index in [4.69, 9.17) is 11.6 Å². The molecule has 1 amide bonds. The molecule has 37 heavy (non-hydrogen) atoms. The highest BCUT2D eigenvalue weighted by molar-refractivity contribution is 6.34. The largest absolute Gasteiger partial charge is 0.480 e. The van der Waals surface area contributed by atoms with Crippen molar-refractivity contribution in [2.24, 2.45) is 0 Å². The van der Waals surface area contributed by atoms with Gasteiger partial charge in [-0.1, -0.05) is 84.4 Å². The molecule has 0 saturated carbocycles. The zero-order valence-corrected chi connectivity index (χ0v) is 20.1. The molecule has 0 aliphatic carbocycles. The van der Waals surface area contributed by atoms with Gasteiger partial charge < -0.3 is 10.4 Å². The second-order valence-electron chi connectivity index (χ2n) is 8.40. The fourth-order valence-electron chi connectivity index (χ4n) is 3.87. The van der Waals surface area contributed by atoms with Crippen molar-refractivity contribution in [1.29, 1.82) is 0 Å². The van der Waals surface area contributed by atoms with Gasteiger partial charge in [-0.05, 0) is 52.1 Å². The Morgan fingerprint density at radius 1 is 0.784 bits per heavy atom. The zero-order valence-electron chi connectivity index (χ0n) is 19.3. The number of carboxylic acid groups (broad SMARTS) is 1. The topological polar surface area (TPSA) is 66.4 Å². The van der Waals surface area contributed by atoms with Crippen LogP contribution in [0, 0.1) is 0 Å². The highest BCUT2D eigenvalue weighted by Gasteiger charge is 2.30. The standard InChI is InChI=1S/C29H21ClF3NO3/c30-25-17-22(21-10-13-23(14-11-21)29(31,32)33)12-15-24(25)27(35)34-26(28(36)37)16-18-6-8-20(9-7-18)19-4-2-1-3-5-19/h1-15,17,26H,16H2,(H,34,35)(H,36,37). The Morgan fingerprint density at radius 3 is 1.89 bits per heavy atom. The van der Waals surface area contributed by atoms with Gasteiger partial charge in [-0.2, -0.15) is 13.2 Å². The number of carbonyl (C=O) groups is 2. The molecular formula is C29H21ClF3NO3. The lowest BCUT2D eigenvalue weighted by atomic mass is 10.00. The van der Waals surface area contributed by atoms with Crippen molar-refractivity contribution in [3.8, 4) is 22.3 Å². The number of aliphatic carboxylic acids is 1. The van der Waals surface area contributed by atoms with E-state index in [0.29, 0.717) is 11.1 Å². The normalized spacial score (nSPS) is 12.1. The van der Waals surface area contributed by atoms with Gasteiger partial charge in [-0.25, -0.2) is 4.79 Å². The van der Waals surface area contributed by atoms with Crippen LogP contribution in [0.2, 0.25) is 5.02 Å². The van der Waals surface area contributed by atoms with Gasteiger partial charge in [-0.3, -0.25) is 4.79 Å². The van der Waals surface area contributed by atoms with E-state index in [9.17, 15) is 27.9 Å². The Kier molecular flexibility index (Phi) is 7.64. The van der Waals surface area contributed by atoms with Crippen LogP contribution in [0.4, 0.5) is 13.2 Å². The zero-order chi connectivity index (χ0) is 26.6. The van der Waals surface area contributed by atoms with E-state index in [0.717, 1.165) is 28.8 Å². The fourth-order valence-corrected chi connectivity index (χ4v) is 4.13. The lowest BCUT2D eigenvalue weighted by Gasteiger charge is -2.16. The van der Waals surface area contributed by atoms with Crippen LogP contribution < -0.4 is 5.32 Å². The Bertz CT molecular complexity index is 1400. The van der Waals surface area contributed by atoms with E-state index in [2.05, 4.69) is 5.32 Å². The van der Waals surface area contributed by atoms with Crippen molar-refractivity contribution in [3.63, 3.8) is 0 Å². The Labute approximate surface area is 216 Å². The van der Waals surface area contributed by atoms with E-state index >= 15 is 0 Å². The summed E-state index contributed by atoms with van der Waals surface area (Å²) in [6, 6.07) is 24.9. The molecule has 0 fully saturated rings. The number of nitrogens with one attached hydrogen (secondary N) is 1. The third-order valence-electron chi connectivity index (χ3n) is 5.86. The number of rotatable bonds is 7. The first-order valence-corrected chi connectivity index (χ1v) is 11.6. The van der Waals surface area contributed by atoms with Crippen LogP contribution in [0.25, 0.3) is 22.3 Å². The maximum atomic E-state index is 12.8. The lowest BCUT2D eigenvalue weighted by Crippen LogP contribution is -2.42. The summed E-state index contributed by atoms with van der Waals surface area (Å²) >= 11 is 6.29. The summed E-state index contributed by atoms with van der Waals surface area (Å²) in [6.07, 6.45) is -4.37. The molecule has 4 nitrogen and oxygen atoms in total. The molecular weight excluding hydrogens is 503 g/mol. The van der Waals surface area contributed by atoms with Crippen LogP contribution in [-0.4, -0.2) is 23.0 Å². The highest BCUT2D eigenvalue weighted by Crippen LogP contribution is 2.32. The van der Waals surface area contributed by atoms with Gasteiger partial charge in [0.2, 0.25) is 0 Å². The number of hydrogen-bond acceptors (Lipinski definition) is 2. The third kappa shape index (κ3) is 6.37.